The van der Waals surface area contributed by atoms with Gasteiger partial charge in [-0.15, -0.1) is 0 Å². The van der Waals surface area contributed by atoms with Gasteiger partial charge >= 0.3 is 0 Å². The molecule has 0 saturated heterocycles. The highest BCUT2D eigenvalue weighted by Gasteiger charge is 2.39. The molecule has 6 rings (SSSR count). The Bertz CT molecular complexity index is 1720. The average molecular weight is 583 g/mol. The van der Waals surface area contributed by atoms with Crippen LogP contribution in [0.3, 0.4) is 0 Å². The second kappa shape index (κ2) is 11.0. The van der Waals surface area contributed by atoms with Gasteiger partial charge in [0.15, 0.2) is 7.14 Å². The molecular formula is C34H25Cl2O3P. The Kier molecular flexibility index (Phi) is 7.29. The summed E-state index contributed by atoms with van der Waals surface area (Å²) in [5, 5.41) is 3.85. The molecule has 0 fully saturated rings. The lowest BCUT2D eigenvalue weighted by Crippen LogP contribution is -2.28. The van der Waals surface area contributed by atoms with Gasteiger partial charge in [-0.05, 0) is 71.8 Å². The van der Waals surface area contributed by atoms with Crippen LogP contribution in [0.2, 0.25) is 10.0 Å². The lowest BCUT2D eigenvalue weighted by atomic mass is 9.89. The molecule has 0 atom stereocenters. The predicted octanol–water partition coefficient (Wildman–Crippen LogP) is 8.57. The lowest BCUT2D eigenvalue weighted by Gasteiger charge is -2.24. The number of ether oxygens (including phenoxy) is 1. The van der Waals surface area contributed by atoms with Crippen molar-refractivity contribution in [3.8, 4) is 5.75 Å². The molecule has 198 valence electrons. The maximum Gasteiger partial charge on any atom is 0.175 e. The number of hydrogen-bond donors (Lipinski definition) is 0. The van der Waals surface area contributed by atoms with E-state index in [2.05, 4.69) is 24.3 Å². The number of fused-ring (bicyclic) bond motifs is 1. The summed E-state index contributed by atoms with van der Waals surface area (Å²) in [7, 11) is -1.90. The first-order valence-corrected chi connectivity index (χ1v) is 15.3. The van der Waals surface area contributed by atoms with E-state index in [9.17, 15) is 0 Å². The van der Waals surface area contributed by atoms with Crippen molar-refractivity contribution in [2.45, 2.75) is 5.92 Å². The molecule has 3 nitrogen and oxygen atoms in total. The zero-order valence-corrected chi connectivity index (χ0v) is 24.0. The van der Waals surface area contributed by atoms with E-state index < -0.39 is 7.14 Å². The lowest BCUT2D eigenvalue weighted by molar-refractivity contribution is 0.414. The number of rotatable bonds is 7. The third kappa shape index (κ3) is 4.75. The summed E-state index contributed by atoms with van der Waals surface area (Å²) in [6.07, 6.45) is 0. The highest BCUT2D eigenvalue weighted by atomic mass is 35.5. The molecule has 1 aromatic heterocycles. The summed E-state index contributed by atoms with van der Waals surface area (Å²) in [5.41, 5.74) is 2.66. The molecule has 40 heavy (non-hydrogen) atoms. The van der Waals surface area contributed by atoms with Gasteiger partial charge in [0.25, 0.3) is 0 Å². The first-order valence-electron chi connectivity index (χ1n) is 12.8. The third-order valence-corrected chi connectivity index (χ3v) is 10.8. The van der Waals surface area contributed by atoms with Gasteiger partial charge in [-0.2, -0.15) is 0 Å². The van der Waals surface area contributed by atoms with Crippen molar-refractivity contribution < 1.29 is 13.7 Å². The van der Waals surface area contributed by atoms with Crippen LogP contribution < -0.4 is 20.7 Å². The maximum absolute atomic E-state index is 15.9. The molecule has 6 heteroatoms. The molecule has 0 spiro atoms. The summed E-state index contributed by atoms with van der Waals surface area (Å²) in [5.74, 6) is 0.959. The normalized spacial score (nSPS) is 11.7. The highest BCUT2D eigenvalue weighted by molar-refractivity contribution is 7.85. The van der Waals surface area contributed by atoms with E-state index in [1.807, 2.05) is 78.9 Å². The quantitative estimate of drug-likeness (QED) is 0.177. The van der Waals surface area contributed by atoms with Crippen molar-refractivity contribution in [3.05, 3.63) is 154 Å². The zero-order valence-electron chi connectivity index (χ0n) is 21.6. The maximum atomic E-state index is 15.9. The fraction of sp³-hybridized carbons (Fsp3) is 0.0588. The fourth-order valence-corrected chi connectivity index (χ4v) is 8.44. The van der Waals surface area contributed by atoms with Gasteiger partial charge in [0, 0.05) is 32.1 Å². The van der Waals surface area contributed by atoms with Crippen LogP contribution in [0.25, 0.3) is 11.0 Å². The molecule has 0 radical (unpaired) electrons. The Morgan fingerprint density at radius 1 is 0.675 bits per heavy atom. The molecule has 1 heterocycles. The summed E-state index contributed by atoms with van der Waals surface area (Å²) < 4.78 is 28.1. The SMILES string of the molecule is COc1ccc2c(P(=O)(c3ccc(Cl)cc3)c3ccc(Cl)cc3)c(C(c3ccccc3)c3ccccc3)oc2c1. The Morgan fingerprint density at radius 3 is 1.65 bits per heavy atom. The topological polar surface area (TPSA) is 39.4 Å². The van der Waals surface area contributed by atoms with Crippen LogP contribution >= 0.6 is 30.3 Å². The summed E-state index contributed by atoms with van der Waals surface area (Å²) >= 11 is 12.6. The van der Waals surface area contributed by atoms with Crippen molar-refractivity contribution in [1.29, 1.82) is 0 Å². The summed E-state index contributed by atoms with van der Waals surface area (Å²) in [6.45, 7) is 0. The number of hydrogen-bond acceptors (Lipinski definition) is 3. The molecule has 6 aromatic rings. The van der Waals surface area contributed by atoms with Crippen LogP contribution in [0, 0.1) is 0 Å². The van der Waals surface area contributed by atoms with Crippen LogP contribution in [0.15, 0.2) is 132 Å². The van der Waals surface area contributed by atoms with Crippen LogP contribution in [0.5, 0.6) is 5.75 Å². The average Bonchev–Trinajstić information content (AvgIpc) is 3.37. The van der Waals surface area contributed by atoms with Gasteiger partial charge in [0.1, 0.15) is 17.1 Å². The van der Waals surface area contributed by atoms with E-state index in [4.69, 9.17) is 32.4 Å². The Morgan fingerprint density at radius 2 is 1.18 bits per heavy atom. The Labute approximate surface area is 243 Å². The molecule has 0 aliphatic rings. The highest BCUT2D eigenvalue weighted by Crippen LogP contribution is 2.50. The number of furan rings is 1. The summed E-state index contributed by atoms with van der Waals surface area (Å²) in [6, 6.07) is 40.4. The van der Waals surface area contributed by atoms with Gasteiger partial charge in [-0.1, -0.05) is 83.9 Å². The van der Waals surface area contributed by atoms with Crippen molar-refractivity contribution in [2.24, 2.45) is 0 Å². The second-order valence-corrected chi connectivity index (χ2v) is 13.1. The molecule has 0 aliphatic carbocycles. The van der Waals surface area contributed by atoms with Gasteiger partial charge in [-0.3, -0.25) is 0 Å². The molecule has 0 saturated carbocycles. The minimum atomic E-state index is -3.52. The van der Waals surface area contributed by atoms with Gasteiger partial charge in [0.2, 0.25) is 0 Å². The van der Waals surface area contributed by atoms with Crippen molar-refractivity contribution in [1.82, 2.24) is 0 Å². The van der Waals surface area contributed by atoms with Crippen LogP contribution in [-0.2, 0) is 4.57 Å². The molecular weight excluding hydrogens is 558 g/mol. The standard InChI is InChI=1S/C34H25Cl2O3P/c1-38-27-16-21-30-31(22-27)39-33(32(23-8-4-2-5-9-23)24-10-6-3-7-11-24)34(30)40(37,28-17-12-25(35)13-18-28)29-19-14-26(36)15-20-29/h2-22,32H,1H3. The molecule has 0 aliphatic heterocycles. The minimum absolute atomic E-state index is 0.316. The fourth-order valence-electron chi connectivity index (χ4n) is 5.23. The zero-order chi connectivity index (χ0) is 27.7. The number of halogens is 2. The monoisotopic (exact) mass is 582 g/mol. The number of benzene rings is 5. The van der Waals surface area contributed by atoms with Crippen LogP contribution in [-0.4, -0.2) is 7.11 Å². The molecule has 0 unspecified atom stereocenters. The Balaban J connectivity index is 1.75. The summed E-state index contributed by atoms with van der Waals surface area (Å²) in [4.78, 5) is 0. The predicted molar refractivity (Wildman–Crippen MR) is 166 cm³/mol. The van der Waals surface area contributed by atoms with Crippen molar-refractivity contribution in [3.63, 3.8) is 0 Å². The van der Waals surface area contributed by atoms with Gasteiger partial charge < -0.3 is 13.7 Å². The third-order valence-electron chi connectivity index (χ3n) is 7.12. The van der Waals surface area contributed by atoms with E-state index >= 15 is 4.57 Å². The minimum Gasteiger partial charge on any atom is -0.497 e. The largest absolute Gasteiger partial charge is 0.497 e. The first kappa shape index (κ1) is 26.5. The van der Waals surface area contributed by atoms with Crippen molar-refractivity contribution >= 4 is 57.2 Å². The Hall–Kier alpha value is -3.75. The van der Waals surface area contributed by atoms with Gasteiger partial charge in [-0.25, -0.2) is 0 Å². The molecule has 0 amide bonds. The van der Waals surface area contributed by atoms with Crippen LogP contribution in [0.4, 0.5) is 0 Å². The smallest absolute Gasteiger partial charge is 0.175 e. The van der Waals surface area contributed by atoms with E-state index in [1.165, 1.54) is 0 Å². The second-order valence-electron chi connectivity index (χ2n) is 9.49. The molecule has 5 aromatic carbocycles. The van der Waals surface area contributed by atoms with E-state index in [0.717, 1.165) is 16.5 Å². The molecule has 0 N–H and O–H groups in total. The van der Waals surface area contributed by atoms with Crippen molar-refractivity contribution in [2.75, 3.05) is 7.11 Å². The van der Waals surface area contributed by atoms with E-state index in [0.29, 0.717) is 43.1 Å². The van der Waals surface area contributed by atoms with E-state index in [-0.39, 0.29) is 5.92 Å². The first-order chi connectivity index (χ1) is 19.5. The number of methoxy groups -OCH3 is 1. The van der Waals surface area contributed by atoms with Crippen LogP contribution in [0.1, 0.15) is 22.8 Å². The molecule has 0 bridgehead atoms. The van der Waals surface area contributed by atoms with Gasteiger partial charge in [0.05, 0.1) is 18.3 Å². The van der Waals surface area contributed by atoms with E-state index in [1.54, 1.807) is 31.4 Å².